The van der Waals surface area contributed by atoms with Crippen LogP contribution in [0.3, 0.4) is 0 Å². The van der Waals surface area contributed by atoms with Crippen LogP contribution in [0.5, 0.6) is 0 Å². The van der Waals surface area contributed by atoms with Crippen molar-refractivity contribution in [3.8, 4) is 0 Å². The molecular weight excluding hydrogens is 465 g/mol. The molecule has 1 N–H and O–H groups in total. The van der Waals surface area contributed by atoms with Gasteiger partial charge >= 0.3 is 0 Å². The summed E-state index contributed by atoms with van der Waals surface area (Å²) in [6, 6.07) is 5.03. The Hall–Kier alpha value is -2.13. The Balaban J connectivity index is 1.42. The van der Waals surface area contributed by atoms with Gasteiger partial charge in [-0.3, -0.25) is 19.6 Å². The summed E-state index contributed by atoms with van der Waals surface area (Å²) in [5.41, 5.74) is 1.35. The first kappa shape index (κ1) is 22.7. The molecule has 1 aromatic heterocycles. The molecule has 33 heavy (non-hydrogen) atoms. The molecule has 1 unspecified atom stereocenters. The number of H-pyrrole nitrogens is 1. The Bertz CT molecular complexity index is 1010. The van der Waals surface area contributed by atoms with Crippen LogP contribution < -0.4 is 0 Å². The number of nitrogens with zero attached hydrogens (tertiary/aromatic N) is 4. The molecule has 3 aliphatic rings. The lowest BCUT2D eigenvalue weighted by Crippen LogP contribution is -2.72. The molecule has 3 saturated heterocycles. The molecule has 3 atom stereocenters. The summed E-state index contributed by atoms with van der Waals surface area (Å²) in [7, 11) is 0. The van der Waals surface area contributed by atoms with Gasteiger partial charge in [0.2, 0.25) is 5.91 Å². The Labute approximate surface area is 202 Å². The van der Waals surface area contributed by atoms with Crippen LogP contribution in [-0.2, 0) is 16.0 Å². The molecule has 1 aromatic carbocycles. The minimum absolute atomic E-state index is 0.0323. The van der Waals surface area contributed by atoms with Gasteiger partial charge in [-0.2, -0.15) is 5.10 Å². The number of carbonyl (C=O) groups is 2. The highest BCUT2D eigenvalue weighted by molar-refractivity contribution is 6.42. The van der Waals surface area contributed by atoms with E-state index in [1.165, 1.54) is 0 Å². The summed E-state index contributed by atoms with van der Waals surface area (Å²) in [6.45, 7) is 3.88. The Morgan fingerprint density at radius 2 is 1.79 bits per heavy atom. The third kappa shape index (κ3) is 4.49. The van der Waals surface area contributed by atoms with Crippen LogP contribution in [-0.4, -0.2) is 94.2 Å². The molecule has 2 amide bonds. The van der Waals surface area contributed by atoms with Crippen LogP contribution in [0.25, 0.3) is 0 Å². The molecule has 2 aromatic rings. The predicted octanol–water partition coefficient (Wildman–Crippen LogP) is 2.48. The van der Waals surface area contributed by atoms with Gasteiger partial charge in [0.05, 0.1) is 59.6 Å². The zero-order chi connectivity index (χ0) is 22.9. The SMILES string of the molecule is O=C(c1cn[nH]c1)N1CCN(C(=O)Cc2ccc(Cl)c(Cl)c2)[C@@H]2C(N3CCCC3)COC[C@H]21. The third-order valence-corrected chi connectivity index (χ3v) is 7.72. The van der Waals surface area contributed by atoms with E-state index in [-0.39, 0.29) is 36.4 Å². The molecule has 0 bridgehead atoms. The highest BCUT2D eigenvalue weighted by Gasteiger charge is 2.49. The highest BCUT2D eigenvalue weighted by Crippen LogP contribution is 2.31. The molecule has 0 radical (unpaired) electrons. The Morgan fingerprint density at radius 3 is 2.52 bits per heavy atom. The minimum Gasteiger partial charge on any atom is -0.378 e. The van der Waals surface area contributed by atoms with Crippen LogP contribution in [0.4, 0.5) is 0 Å². The number of aromatic nitrogens is 2. The second-order valence-electron chi connectivity index (χ2n) is 8.90. The highest BCUT2D eigenvalue weighted by atomic mass is 35.5. The van der Waals surface area contributed by atoms with Crippen LogP contribution in [0.1, 0.15) is 28.8 Å². The number of amides is 2. The van der Waals surface area contributed by atoms with E-state index in [0.29, 0.717) is 41.9 Å². The molecule has 0 saturated carbocycles. The van der Waals surface area contributed by atoms with Gasteiger partial charge in [0.25, 0.3) is 5.91 Å². The Morgan fingerprint density at radius 1 is 1.03 bits per heavy atom. The van der Waals surface area contributed by atoms with Gasteiger partial charge in [0, 0.05) is 19.3 Å². The number of hydrogen-bond acceptors (Lipinski definition) is 5. The number of ether oxygens (including phenoxy) is 1. The number of nitrogens with one attached hydrogen (secondary N) is 1. The fourth-order valence-electron chi connectivity index (χ4n) is 5.38. The lowest BCUT2D eigenvalue weighted by atomic mass is 9.90. The fraction of sp³-hybridized carbons (Fsp3) is 0.522. The summed E-state index contributed by atoms with van der Waals surface area (Å²) in [4.78, 5) is 33.1. The lowest BCUT2D eigenvalue weighted by molar-refractivity contribution is -0.149. The van der Waals surface area contributed by atoms with Gasteiger partial charge in [0.15, 0.2) is 0 Å². The summed E-state index contributed by atoms with van der Waals surface area (Å²) < 4.78 is 6.01. The van der Waals surface area contributed by atoms with E-state index in [1.807, 2.05) is 15.9 Å². The maximum Gasteiger partial charge on any atom is 0.257 e. The monoisotopic (exact) mass is 491 g/mol. The zero-order valence-corrected chi connectivity index (χ0v) is 19.8. The van der Waals surface area contributed by atoms with Crippen LogP contribution >= 0.6 is 23.2 Å². The number of hydrogen-bond donors (Lipinski definition) is 1. The molecular formula is C23H27Cl2N5O3. The number of carbonyl (C=O) groups excluding carboxylic acids is 2. The van der Waals surface area contributed by atoms with E-state index >= 15 is 0 Å². The van der Waals surface area contributed by atoms with Crippen molar-refractivity contribution >= 4 is 35.0 Å². The second kappa shape index (κ2) is 9.62. The molecule has 0 spiro atoms. The number of piperazine rings is 1. The maximum atomic E-state index is 13.6. The lowest BCUT2D eigenvalue weighted by Gasteiger charge is -2.54. The van der Waals surface area contributed by atoms with Crippen LogP contribution in [0.15, 0.2) is 30.6 Å². The third-order valence-electron chi connectivity index (χ3n) is 6.98. The average Bonchev–Trinajstić information content (AvgIpc) is 3.54. The molecule has 10 heteroatoms. The first-order valence-corrected chi connectivity index (χ1v) is 12.1. The quantitative estimate of drug-likeness (QED) is 0.710. The van der Waals surface area contributed by atoms with E-state index in [0.717, 1.165) is 31.5 Å². The first-order chi connectivity index (χ1) is 16.0. The maximum absolute atomic E-state index is 13.6. The molecule has 0 aliphatic carbocycles. The fourth-order valence-corrected chi connectivity index (χ4v) is 5.70. The number of aromatic amines is 1. The van der Waals surface area contributed by atoms with Gasteiger partial charge in [-0.05, 0) is 43.6 Å². The van der Waals surface area contributed by atoms with Crippen molar-refractivity contribution in [2.75, 3.05) is 39.4 Å². The summed E-state index contributed by atoms with van der Waals surface area (Å²) in [6.07, 6.45) is 5.68. The molecule has 3 aliphatic heterocycles. The minimum atomic E-state index is -0.210. The smallest absolute Gasteiger partial charge is 0.257 e. The van der Waals surface area contributed by atoms with E-state index < -0.39 is 0 Å². The first-order valence-electron chi connectivity index (χ1n) is 11.4. The standard InChI is InChI=1S/C23H27Cl2N5O3/c24-17-4-3-15(9-18(17)25)10-21(31)30-8-7-29(23(32)16-11-26-27-12-16)20-14-33-13-19(22(20)30)28-5-1-2-6-28/h3-4,9,11-12,19-20,22H,1-2,5-8,10,13-14H2,(H,26,27)/t19?,20-,22-/m1/s1. The number of fused-ring (bicyclic) bond motifs is 1. The molecule has 4 heterocycles. The van der Waals surface area contributed by atoms with Crippen molar-refractivity contribution in [2.24, 2.45) is 0 Å². The van der Waals surface area contributed by atoms with Gasteiger partial charge in [-0.25, -0.2) is 0 Å². The second-order valence-corrected chi connectivity index (χ2v) is 9.72. The van der Waals surface area contributed by atoms with Crippen molar-refractivity contribution < 1.29 is 14.3 Å². The van der Waals surface area contributed by atoms with Gasteiger partial charge < -0.3 is 14.5 Å². The van der Waals surface area contributed by atoms with Gasteiger partial charge in [-0.15, -0.1) is 0 Å². The van der Waals surface area contributed by atoms with E-state index in [4.69, 9.17) is 27.9 Å². The number of likely N-dealkylation sites (tertiary alicyclic amines) is 1. The molecule has 176 valence electrons. The van der Waals surface area contributed by atoms with E-state index in [1.54, 1.807) is 24.5 Å². The Kier molecular flexibility index (Phi) is 6.60. The average molecular weight is 492 g/mol. The predicted molar refractivity (Wildman–Crippen MR) is 124 cm³/mol. The molecule has 3 fully saturated rings. The summed E-state index contributed by atoms with van der Waals surface area (Å²) >= 11 is 12.2. The molecule has 5 rings (SSSR count). The zero-order valence-electron chi connectivity index (χ0n) is 18.3. The largest absolute Gasteiger partial charge is 0.378 e. The van der Waals surface area contributed by atoms with Crippen molar-refractivity contribution in [2.45, 2.75) is 37.4 Å². The van der Waals surface area contributed by atoms with E-state index in [2.05, 4.69) is 15.1 Å². The molecule has 8 nitrogen and oxygen atoms in total. The van der Waals surface area contributed by atoms with Crippen molar-refractivity contribution in [1.29, 1.82) is 0 Å². The van der Waals surface area contributed by atoms with Crippen molar-refractivity contribution in [3.05, 3.63) is 51.8 Å². The normalized spacial score (nSPS) is 25.8. The van der Waals surface area contributed by atoms with Gasteiger partial charge in [-0.1, -0.05) is 29.3 Å². The number of benzene rings is 1. The van der Waals surface area contributed by atoms with Crippen molar-refractivity contribution in [3.63, 3.8) is 0 Å². The summed E-state index contributed by atoms with van der Waals surface area (Å²) in [5, 5.41) is 7.55. The number of halogens is 2. The van der Waals surface area contributed by atoms with Crippen LogP contribution in [0.2, 0.25) is 10.0 Å². The van der Waals surface area contributed by atoms with Crippen molar-refractivity contribution in [1.82, 2.24) is 24.9 Å². The van der Waals surface area contributed by atoms with Crippen LogP contribution in [0, 0.1) is 0 Å². The summed E-state index contributed by atoms with van der Waals surface area (Å²) in [5.74, 6) is -0.0501. The van der Waals surface area contributed by atoms with Gasteiger partial charge in [0.1, 0.15) is 0 Å². The van der Waals surface area contributed by atoms with E-state index in [9.17, 15) is 9.59 Å². The topological polar surface area (TPSA) is 81.8 Å². The number of rotatable bonds is 4.